The van der Waals surface area contributed by atoms with Crippen LogP contribution in [0.5, 0.6) is 0 Å². The van der Waals surface area contributed by atoms with Gasteiger partial charge in [-0.3, -0.25) is 10.3 Å². The number of hydrogen-bond donors (Lipinski definition) is 2. The average molecular weight is 223 g/mol. The number of rotatable bonds is 4. The second-order valence-corrected chi connectivity index (χ2v) is 5.14. The number of aliphatic hydroxyl groups is 1. The molecule has 0 aliphatic carbocycles. The molecular weight excluding hydrogens is 202 g/mol. The fourth-order valence-electron chi connectivity index (χ4n) is 0.933. The average Bonchev–Trinajstić information content (AvgIpc) is 2.15. The molecule has 0 unspecified atom stereocenters. The lowest BCUT2D eigenvalue weighted by molar-refractivity contribution is -0.130. The van der Waals surface area contributed by atoms with E-state index in [-0.39, 0.29) is 0 Å². The van der Waals surface area contributed by atoms with Crippen LogP contribution < -0.4 is 5.48 Å². The van der Waals surface area contributed by atoms with Crippen molar-refractivity contribution < 1.29 is 9.94 Å². The summed E-state index contributed by atoms with van der Waals surface area (Å²) in [7, 11) is 0. The van der Waals surface area contributed by atoms with Gasteiger partial charge in [0.2, 0.25) is 0 Å². The SMILES string of the molecule is Cc1ccc(NOC(C)(C)C(C)(C)O)cc1. The molecule has 3 nitrogen and oxygen atoms in total. The standard InChI is InChI=1S/C13H21NO2/c1-10-6-8-11(9-7-10)14-16-13(4,5)12(2,3)15/h6-9,14-15H,1-5H3. The molecule has 0 radical (unpaired) electrons. The highest BCUT2D eigenvalue weighted by Gasteiger charge is 2.36. The first-order valence-electron chi connectivity index (χ1n) is 5.45. The fourth-order valence-corrected chi connectivity index (χ4v) is 0.933. The van der Waals surface area contributed by atoms with Gasteiger partial charge < -0.3 is 5.11 Å². The molecule has 0 fully saturated rings. The van der Waals surface area contributed by atoms with Crippen molar-refractivity contribution in [2.24, 2.45) is 0 Å². The molecule has 0 aliphatic rings. The summed E-state index contributed by atoms with van der Waals surface area (Å²) in [5, 5.41) is 9.90. The first kappa shape index (κ1) is 13.0. The topological polar surface area (TPSA) is 41.5 Å². The van der Waals surface area contributed by atoms with Gasteiger partial charge in [0, 0.05) is 0 Å². The van der Waals surface area contributed by atoms with Crippen LogP contribution in [0.25, 0.3) is 0 Å². The van der Waals surface area contributed by atoms with Crippen LogP contribution in [0.2, 0.25) is 0 Å². The lowest BCUT2D eigenvalue weighted by atomic mass is 9.90. The van der Waals surface area contributed by atoms with Crippen molar-refractivity contribution in [2.75, 3.05) is 5.48 Å². The summed E-state index contributed by atoms with van der Waals surface area (Å²) in [6.07, 6.45) is 0. The summed E-state index contributed by atoms with van der Waals surface area (Å²) in [4.78, 5) is 5.52. The van der Waals surface area contributed by atoms with Gasteiger partial charge in [-0.2, -0.15) is 0 Å². The molecular formula is C13H21NO2. The van der Waals surface area contributed by atoms with Crippen molar-refractivity contribution in [3.63, 3.8) is 0 Å². The van der Waals surface area contributed by atoms with Gasteiger partial charge in [0.15, 0.2) is 0 Å². The first-order valence-corrected chi connectivity index (χ1v) is 5.45. The minimum absolute atomic E-state index is 0.669. The molecule has 0 aromatic heterocycles. The summed E-state index contributed by atoms with van der Waals surface area (Å²) in [5.74, 6) is 0. The summed E-state index contributed by atoms with van der Waals surface area (Å²) >= 11 is 0. The Balaban J connectivity index is 2.61. The van der Waals surface area contributed by atoms with E-state index in [2.05, 4.69) is 5.48 Å². The highest BCUT2D eigenvalue weighted by atomic mass is 16.7. The van der Waals surface area contributed by atoms with E-state index in [0.717, 1.165) is 5.69 Å². The maximum atomic E-state index is 9.90. The van der Waals surface area contributed by atoms with Gasteiger partial charge in [0.25, 0.3) is 0 Å². The Bertz CT molecular complexity index is 336. The smallest absolute Gasteiger partial charge is 0.118 e. The number of benzene rings is 1. The van der Waals surface area contributed by atoms with Crippen LogP contribution in [0.3, 0.4) is 0 Å². The van der Waals surface area contributed by atoms with Crippen LogP contribution in [0.1, 0.15) is 33.3 Å². The summed E-state index contributed by atoms with van der Waals surface area (Å²) < 4.78 is 0. The molecule has 0 saturated carbocycles. The first-order chi connectivity index (χ1) is 7.22. The van der Waals surface area contributed by atoms with E-state index >= 15 is 0 Å². The Morgan fingerprint density at radius 2 is 1.56 bits per heavy atom. The normalized spacial score (nSPS) is 12.6. The molecule has 1 rings (SSSR count). The zero-order chi connectivity index (χ0) is 12.4. The molecule has 1 aromatic carbocycles. The molecule has 90 valence electrons. The minimum Gasteiger partial charge on any atom is -0.387 e. The molecule has 0 heterocycles. The van der Waals surface area contributed by atoms with Crippen LogP contribution in [-0.2, 0) is 4.84 Å². The number of anilines is 1. The second-order valence-electron chi connectivity index (χ2n) is 5.14. The predicted molar refractivity (Wildman–Crippen MR) is 66.3 cm³/mol. The van der Waals surface area contributed by atoms with E-state index in [0.29, 0.717) is 0 Å². The molecule has 16 heavy (non-hydrogen) atoms. The van der Waals surface area contributed by atoms with Crippen molar-refractivity contribution in [3.05, 3.63) is 29.8 Å². The predicted octanol–water partition coefficient (Wildman–Crippen LogP) is 2.89. The third-order valence-corrected chi connectivity index (χ3v) is 2.95. The van der Waals surface area contributed by atoms with Gasteiger partial charge in [-0.15, -0.1) is 0 Å². The molecule has 0 saturated heterocycles. The van der Waals surface area contributed by atoms with Crippen LogP contribution in [0.15, 0.2) is 24.3 Å². The maximum Gasteiger partial charge on any atom is 0.118 e. The number of aryl methyl sites for hydroxylation is 1. The fraction of sp³-hybridized carbons (Fsp3) is 0.538. The van der Waals surface area contributed by atoms with E-state index < -0.39 is 11.2 Å². The second kappa shape index (κ2) is 4.44. The molecule has 0 spiro atoms. The summed E-state index contributed by atoms with van der Waals surface area (Å²) in [5.41, 5.74) is 3.36. The Hall–Kier alpha value is -1.06. The van der Waals surface area contributed by atoms with Gasteiger partial charge in [0.1, 0.15) is 5.60 Å². The molecule has 3 heteroatoms. The molecule has 0 bridgehead atoms. The highest BCUT2D eigenvalue weighted by molar-refractivity contribution is 5.42. The number of nitrogens with one attached hydrogen (secondary N) is 1. The van der Waals surface area contributed by atoms with Crippen molar-refractivity contribution >= 4 is 5.69 Å². The Labute approximate surface area is 97.4 Å². The van der Waals surface area contributed by atoms with Gasteiger partial charge in [-0.25, -0.2) is 0 Å². The monoisotopic (exact) mass is 223 g/mol. The summed E-state index contributed by atoms with van der Waals surface area (Å²) in [6.45, 7) is 9.17. The Kier molecular flexibility index (Phi) is 3.61. The lowest BCUT2D eigenvalue weighted by Gasteiger charge is -2.36. The molecule has 0 atom stereocenters. The van der Waals surface area contributed by atoms with E-state index in [9.17, 15) is 5.11 Å². The number of hydrogen-bond acceptors (Lipinski definition) is 3. The van der Waals surface area contributed by atoms with Crippen molar-refractivity contribution in [1.82, 2.24) is 0 Å². The van der Waals surface area contributed by atoms with Crippen molar-refractivity contribution in [3.8, 4) is 0 Å². The molecule has 0 aliphatic heterocycles. The van der Waals surface area contributed by atoms with Gasteiger partial charge >= 0.3 is 0 Å². The van der Waals surface area contributed by atoms with E-state index in [4.69, 9.17) is 4.84 Å². The van der Waals surface area contributed by atoms with E-state index in [1.165, 1.54) is 5.56 Å². The van der Waals surface area contributed by atoms with Crippen LogP contribution in [0.4, 0.5) is 5.69 Å². The van der Waals surface area contributed by atoms with Gasteiger partial charge in [-0.05, 0) is 46.8 Å². The lowest BCUT2D eigenvalue weighted by Crippen LogP contribution is -2.48. The van der Waals surface area contributed by atoms with Gasteiger partial charge in [-0.1, -0.05) is 17.7 Å². The Morgan fingerprint density at radius 3 is 2.00 bits per heavy atom. The highest BCUT2D eigenvalue weighted by Crippen LogP contribution is 2.25. The van der Waals surface area contributed by atoms with E-state index in [1.807, 2.05) is 45.0 Å². The minimum atomic E-state index is -0.912. The van der Waals surface area contributed by atoms with E-state index in [1.54, 1.807) is 13.8 Å². The zero-order valence-electron chi connectivity index (χ0n) is 10.7. The third kappa shape index (κ3) is 3.22. The molecule has 2 N–H and O–H groups in total. The zero-order valence-corrected chi connectivity index (χ0v) is 10.7. The van der Waals surface area contributed by atoms with Crippen LogP contribution >= 0.6 is 0 Å². The van der Waals surface area contributed by atoms with Crippen molar-refractivity contribution in [2.45, 2.75) is 45.8 Å². The Morgan fingerprint density at radius 1 is 1.06 bits per heavy atom. The van der Waals surface area contributed by atoms with Crippen molar-refractivity contribution in [1.29, 1.82) is 0 Å². The summed E-state index contributed by atoms with van der Waals surface area (Å²) in [6, 6.07) is 7.89. The largest absolute Gasteiger partial charge is 0.387 e. The third-order valence-electron chi connectivity index (χ3n) is 2.95. The van der Waals surface area contributed by atoms with Crippen LogP contribution in [0, 0.1) is 6.92 Å². The van der Waals surface area contributed by atoms with Crippen LogP contribution in [-0.4, -0.2) is 16.3 Å². The molecule has 0 amide bonds. The molecule has 1 aromatic rings. The van der Waals surface area contributed by atoms with Gasteiger partial charge in [0.05, 0.1) is 11.3 Å². The quantitative estimate of drug-likeness (QED) is 0.771. The maximum absolute atomic E-state index is 9.90.